The predicted molar refractivity (Wildman–Crippen MR) is 499 cm³/mol. The number of hydrogen-bond donors (Lipinski definition) is 0. The minimum atomic E-state index is 0.928. The Morgan fingerprint density at radius 1 is 0.214 bits per heavy atom. The third kappa shape index (κ3) is 15.0. The summed E-state index contributed by atoms with van der Waals surface area (Å²) in [4.78, 5) is 70.1. The average molecular weight is 1700 g/mol. The Morgan fingerprint density at radius 2 is 0.446 bits per heavy atom. The summed E-state index contributed by atoms with van der Waals surface area (Å²) in [6.07, 6.45) is 42.2. The lowest BCUT2D eigenvalue weighted by Gasteiger charge is -2.08. The molecule has 10 nitrogen and oxygen atoms in total. The van der Waals surface area contributed by atoms with Gasteiger partial charge in [0.2, 0.25) is 0 Å². The normalized spacial score (nSPS) is 12.4. The molecule has 0 aliphatic carbocycles. The van der Waals surface area contributed by atoms with Gasteiger partial charge in [-0.15, -0.1) is 136 Å². The minimum Gasteiger partial charge on any atom is -0.254 e. The van der Waals surface area contributed by atoms with Crippen molar-refractivity contribution in [3.8, 4) is 69.7 Å². The van der Waals surface area contributed by atoms with Crippen molar-refractivity contribution in [2.45, 2.75) is 234 Å². The van der Waals surface area contributed by atoms with Crippen molar-refractivity contribution in [2.75, 3.05) is 0 Å². The zero-order valence-corrected chi connectivity index (χ0v) is 74.5. The Kier molecular flexibility index (Phi) is 23.9. The lowest BCUT2D eigenvalue weighted by Crippen LogP contribution is -1.88. The molecular formula is C90H92N10S12. The van der Waals surface area contributed by atoms with Crippen LogP contribution in [0, 0.1) is 0 Å². The van der Waals surface area contributed by atoms with Gasteiger partial charge >= 0.3 is 0 Å². The van der Waals surface area contributed by atoms with Gasteiger partial charge in [0.15, 0.2) is 0 Å². The molecule has 0 atom stereocenters. The Morgan fingerprint density at radius 3 is 0.732 bits per heavy atom. The van der Waals surface area contributed by atoms with E-state index in [1.54, 1.807) is 0 Å². The van der Waals surface area contributed by atoms with E-state index in [9.17, 15) is 0 Å². The van der Waals surface area contributed by atoms with Gasteiger partial charge in [-0.2, -0.15) is 0 Å². The fraction of sp³-hybridized carbons (Fsp3) is 0.400. The summed E-state index contributed by atoms with van der Waals surface area (Å²) < 4.78 is 7.71. The average Bonchev–Trinajstić information content (AvgIpc) is 1.54. The van der Waals surface area contributed by atoms with Crippen molar-refractivity contribution >= 4 is 241 Å². The SMILES string of the molecule is CCCCCCc1nc2c(-c3sc(-c4sc(-c5sc(-c6sc(-c7sc(-c8cc9cccnc9c9ncccc89)c8nc(CCCCCC)sc78)c7nc(CCCCCC)sc67)c6nc(CCCCCC)sc56)c5nc(CCCCCC)sc45)c4nc(CCCCCC)sc34)sc(-c3cc4cccnc4c4ncccc34)c2s1. The molecule has 16 aromatic heterocycles. The second-order valence-electron chi connectivity index (χ2n) is 29.9. The number of thiophene rings is 6. The Labute approximate surface area is 703 Å². The van der Waals surface area contributed by atoms with Crippen LogP contribution in [0.15, 0.2) is 85.5 Å². The molecule has 0 spiro atoms. The van der Waals surface area contributed by atoms with Crippen LogP contribution >= 0.6 is 136 Å². The Balaban J connectivity index is 0.841. The van der Waals surface area contributed by atoms with E-state index in [4.69, 9.17) is 49.8 Å². The fourth-order valence-corrected chi connectivity index (χ4v) is 32.0. The van der Waals surface area contributed by atoms with E-state index < -0.39 is 0 Å². The number of thiazole rings is 6. The van der Waals surface area contributed by atoms with Crippen LogP contribution in [0.3, 0.4) is 0 Å². The summed E-state index contributed by atoms with van der Waals surface area (Å²) in [5.41, 5.74) is 12.9. The second kappa shape index (κ2) is 34.8. The molecule has 22 heteroatoms. The van der Waals surface area contributed by atoms with E-state index in [2.05, 4.69) is 102 Å². The first-order chi connectivity index (χ1) is 55.3. The number of nitrogens with zero attached hydrogens (tertiary/aromatic N) is 10. The van der Waals surface area contributed by atoms with E-state index in [1.165, 1.54) is 243 Å². The number of rotatable bonds is 37. The van der Waals surface area contributed by atoms with Gasteiger partial charge in [0, 0.05) is 57.5 Å². The van der Waals surface area contributed by atoms with Crippen LogP contribution < -0.4 is 0 Å². The summed E-state index contributed by atoms with van der Waals surface area (Å²) in [5, 5.41) is 11.8. The number of unbranched alkanes of at least 4 members (excludes halogenated alkanes) is 18. The first kappa shape index (κ1) is 76.9. The number of hydrogen-bond acceptors (Lipinski definition) is 22. The molecule has 0 aliphatic heterocycles. The highest BCUT2D eigenvalue weighted by molar-refractivity contribution is 7.39. The lowest BCUT2D eigenvalue weighted by molar-refractivity contribution is 0.666. The molecule has 0 saturated heterocycles. The predicted octanol–water partition coefficient (Wildman–Crippen LogP) is 32.3. The largest absolute Gasteiger partial charge is 0.254 e. The van der Waals surface area contributed by atoms with Gasteiger partial charge in [-0.3, -0.25) is 19.9 Å². The molecule has 0 bridgehead atoms. The van der Waals surface area contributed by atoms with Gasteiger partial charge in [-0.25, -0.2) is 29.9 Å². The molecule has 574 valence electrons. The maximum absolute atomic E-state index is 5.90. The van der Waals surface area contributed by atoms with Crippen molar-refractivity contribution in [1.82, 2.24) is 49.8 Å². The number of benzene rings is 2. The lowest BCUT2D eigenvalue weighted by atomic mass is 10.0. The first-order valence-corrected chi connectivity index (χ1v) is 50.9. The maximum Gasteiger partial charge on any atom is 0.102 e. The first-order valence-electron chi connectivity index (χ1n) is 41.1. The second-order valence-corrected chi connectivity index (χ2v) is 42.6. The fourth-order valence-electron chi connectivity index (χ4n) is 15.9. The molecular weight excluding hydrogens is 1610 g/mol. The van der Waals surface area contributed by atoms with Crippen molar-refractivity contribution in [1.29, 1.82) is 0 Å². The quantitative estimate of drug-likeness (QED) is 0.0274. The number of fused-ring (bicyclic) bond motifs is 12. The van der Waals surface area contributed by atoms with Crippen LogP contribution in [-0.4, -0.2) is 49.8 Å². The molecule has 0 aliphatic rings. The van der Waals surface area contributed by atoms with Crippen LogP contribution in [0.4, 0.5) is 0 Å². The van der Waals surface area contributed by atoms with E-state index in [0.717, 1.165) is 154 Å². The zero-order valence-electron chi connectivity index (χ0n) is 64.7. The highest BCUT2D eigenvalue weighted by atomic mass is 32.1. The number of aromatic nitrogens is 10. The molecule has 0 saturated carbocycles. The molecule has 2 aromatic carbocycles. The summed E-state index contributed by atoms with van der Waals surface area (Å²) in [7, 11) is 0. The molecule has 0 radical (unpaired) electrons. The van der Waals surface area contributed by atoms with Crippen molar-refractivity contribution in [2.24, 2.45) is 0 Å². The summed E-state index contributed by atoms with van der Waals surface area (Å²) in [6.45, 7) is 13.9. The van der Waals surface area contributed by atoms with Crippen LogP contribution in [0.25, 0.3) is 175 Å². The van der Waals surface area contributed by atoms with E-state index in [0.29, 0.717) is 0 Å². The van der Waals surface area contributed by atoms with Crippen LogP contribution in [0.2, 0.25) is 0 Å². The highest BCUT2D eigenvalue weighted by Gasteiger charge is 2.34. The van der Waals surface area contributed by atoms with Gasteiger partial charge in [0.05, 0.1) is 139 Å². The van der Waals surface area contributed by atoms with E-state index >= 15 is 0 Å². The van der Waals surface area contributed by atoms with Gasteiger partial charge in [-0.05, 0) is 113 Å². The smallest absolute Gasteiger partial charge is 0.102 e. The molecule has 0 fully saturated rings. The van der Waals surface area contributed by atoms with Gasteiger partial charge in [-0.1, -0.05) is 181 Å². The molecule has 18 aromatic rings. The summed E-state index contributed by atoms with van der Waals surface area (Å²) in [6, 6.07) is 21.9. The van der Waals surface area contributed by atoms with Crippen LogP contribution in [0.1, 0.15) is 226 Å². The Bertz CT molecular complexity index is 6000. The van der Waals surface area contributed by atoms with E-state index in [1.807, 2.05) is 161 Å². The minimum absolute atomic E-state index is 0.928. The standard InChI is InChI=1S/C90H92N10S12/c1-7-13-19-25-39-57-95-67-73(55-49-51-35-31-45-91-63(51)65-53(55)37-33-47-93-65)107-86(76(67)102-57)82-69-78(104-59(97-69)41-27-21-15-9-3)88(109-82)84-71-80(106-61(99-71)43-29-23-17-11-5)90(111-84)85-72-79(105-62(100-72)44-30-24-18-12-6)89(112-85)83-70-77(103-60(98-70)42-28-22-16-10-4)87(110-83)81-68-75(101-58(96-68)40-26-20-14-8-2)74(108-81)56-50-52-36-32-46-92-64(52)66-54(56)38-34-48-94-66/h31-38,45-50H,7-30,39-44H2,1-6H3. The molecule has 0 N–H and O–H groups in total. The zero-order chi connectivity index (χ0) is 75.8. The van der Waals surface area contributed by atoms with Crippen LogP contribution in [-0.2, 0) is 38.5 Å². The molecule has 16 heterocycles. The number of aryl methyl sites for hydroxylation is 6. The summed E-state index contributed by atoms with van der Waals surface area (Å²) in [5.74, 6) is 0. The van der Waals surface area contributed by atoms with Crippen molar-refractivity contribution in [3.63, 3.8) is 0 Å². The third-order valence-corrected chi connectivity index (χ3v) is 37.2. The van der Waals surface area contributed by atoms with E-state index in [-0.39, 0.29) is 0 Å². The number of pyridine rings is 4. The van der Waals surface area contributed by atoms with Gasteiger partial charge in [0.1, 0.15) is 33.1 Å². The summed E-state index contributed by atoms with van der Waals surface area (Å²) >= 11 is 23.3. The van der Waals surface area contributed by atoms with Crippen molar-refractivity contribution < 1.29 is 0 Å². The monoisotopic (exact) mass is 1700 g/mol. The molecule has 18 rings (SSSR count). The highest BCUT2D eigenvalue weighted by Crippen LogP contribution is 2.62. The van der Waals surface area contributed by atoms with Crippen molar-refractivity contribution in [3.05, 3.63) is 115 Å². The van der Waals surface area contributed by atoms with Crippen LogP contribution in [0.5, 0.6) is 0 Å². The maximum atomic E-state index is 5.90. The van der Waals surface area contributed by atoms with Gasteiger partial charge in [0.25, 0.3) is 0 Å². The van der Waals surface area contributed by atoms with Gasteiger partial charge < -0.3 is 0 Å². The topological polar surface area (TPSA) is 129 Å². The third-order valence-electron chi connectivity index (χ3n) is 21.7. The Hall–Kier alpha value is -6.38. The molecule has 112 heavy (non-hydrogen) atoms. The molecule has 0 amide bonds. The molecule has 0 unspecified atom stereocenters.